The molecule has 0 bridgehead atoms. The Labute approximate surface area is 181 Å². The van der Waals surface area contributed by atoms with Gasteiger partial charge in [-0.2, -0.15) is 0 Å². The van der Waals surface area contributed by atoms with Gasteiger partial charge in [-0.3, -0.25) is 9.59 Å². The highest BCUT2D eigenvalue weighted by Gasteiger charge is 2.62. The normalized spacial score (nSPS) is 38.5. The summed E-state index contributed by atoms with van der Waals surface area (Å²) >= 11 is 0. The van der Waals surface area contributed by atoms with E-state index in [9.17, 15) is 14.7 Å². The molecule has 0 aliphatic heterocycles. The number of fused-ring (bicyclic) bond motifs is 3. The molecule has 2 fully saturated rings. The zero-order chi connectivity index (χ0) is 22.3. The largest absolute Gasteiger partial charge is 0.463 e. The Morgan fingerprint density at radius 1 is 1.07 bits per heavy atom. The smallest absolute Gasteiger partial charge is 0.313 e. The first-order chi connectivity index (χ1) is 13.9. The fraction of sp³-hybridized carbons (Fsp3) is 0.840. The summed E-state index contributed by atoms with van der Waals surface area (Å²) in [4.78, 5) is 24.1. The number of rotatable bonds is 5. The highest BCUT2D eigenvalue weighted by Crippen LogP contribution is 2.68. The molecule has 0 aromatic carbocycles. The molecular formula is C25H40O5. The van der Waals surface area contributed by atoms with E-state index < -0.39 is 12.1 Å². The Morgan fingerprint density at radius 2 is 1.73 bits per heavy atom. The maximum Gasteiger partial charge on any atom is 0.313 e. The van der Waals surface area contributed by atoms with Crippen molar-refractivity contribution < 1.29 is 24.2 Å². The summed E-state index contributed by atoms with van der Waals surface area (Å²) in [5.74, 6) is 0.151. The average Bonchev–Trinajstić information content (AvgIpc) is 2.63. The van der Waals surface area contributed by atoms with Crippen LogP contribution in [0.2, 0.25) is 0 Å². The summed E-state index contributed by atoms with van der Waals surface area (Å²) in [5, 5.41) is 9.99. The summed E-state index contributed by atoms with van der Waals surface area (Å²) in [6, 6.07) is 0. The standard InChI is InChI=1S/C25H40O5/c1-16-8-9-20-24(5)12-7-11-23(3,4)19(24)10-13-25(20,6)21(16)22(28)30-15-18(27)14-29-17(2)26/h8,18-21,27H,7,9-15H2,1-6H3/t18-,19?,20?,21-,24-,25+/m0/s1. The number of allylic oxidation sites excluding steroid dienone is 1. The molecule has 0 radical (unpaired) electrons. The van der Waals surface area contributed by atoms with Gasteiger partial charge < -0.3 is 14.6 Å². The third kappa shape index (κ3) is 4.06. The molecule has 170 valence electrons. The molecule has 2 unspecified atom stereocenters. The molecule has 2 saturated carbocycles. The van der Waals surface area contributed by atoms with Gasteiger partial charge in [0.05, 0.1) is 5.92 Å². The molecule has 3 rings (SSSR count). The molecule has 0 aromatic heterocycles. The van der Waals surface area contributed by atoms with Gasteiger partial charge in [-0.05, 0) is 67.1 Å². The Bertz CT molecular complexity index is 710. The van der Waals surface area contributed by atoms with Crippen molar-refractivity contribution in [3.8, 4) is 0 Å². The van der Waals surface area contributed by atoms with E-state index in [1.807, 2.05) is 6.92 Å². The molecule has 1 N–H and O–H groups in total. The summed E-state index contributed by atoms with van der Waals surface area (Å²) in [7, 11) is 0. The molecular weight excluding hydrogens is 380 g/mol. The first kappa shape index (κ1) is 23.3. The predicted molar refractivity (Wildman–Crippen MR) is 116 cm³/mol. The summed E-state index contributed by atoms with van der Waals surface area (Å²) in [6.45, 7) is 12.6. The molecule has 6 atom stereocenters. The topological polar surface area (TPSA) is 72.8 Å². The Morgan fingerprint density at radius 3 is 2.40 bits per heavy atom. The number of aliphatic hydroxyl groups excluding tert-OH is 1. The number of carbonyl (C=O) groups excluding carboxylic acids is 2. The zero-order valence-electron chi connectivity index (χ0n) is 19.6. The van der Waals surface area contributed by atoms with E-state index in [1.165, 1.54) is 26.2 Å². The van der Waals surface area contributed by atoms with Gasteiger partial charge in [0.1, 0.15) is 19.3 Å². The molecule has 30 heavy (non-hydrogen) atoms. The van der Waals surface area contributed by atoms with Crippen LogP contribution in [0.1, 0.15) is 80.1 Å². The van der Waals surface area contributed by atoms with Crippen LogP contribution in [0, 0.1) is 34.0 Å². The van der Waals surface area contributed by atoms with Crippen LogP contribution in [0.3, 0.4) is 0 Å². The second kappa shape index (κ2) is 8.29. The molecule has 5 nitrogen and oxygen atoms in total. The van der Waals surface area contributed by atoms with Crippen molar-refractivity contribution in [1.82, 2.24) is 0 Å². The second-order valence-corrected chi connectivity index (χ2v) is 11.2. The van der Waals surface area contributed by atoms with Crippen LogP contribution < -0.4 is 0 Å². The highest BCUT2D eigenvalue weighted by molar-refractivity contribution is 5.77. The van der Waals surface area contributed by atoms with Crippen molar-refractivity contribution in [3.05, 3.63) is 11.6 Å². The van der Waals surface area contributed by atoms with E-state index in [2.05, 4.69) is 33.8 Å². The van der Waals surface area contributed by atoms with E-state index in [-0.39, 0.29) is 35.9 Å². The molecule has 3 aliphatic rings. The molecule has 0 saturated heterocycles. The molecule has 3 aliphatic carbocycles. The summed E-state index contributed by atoms with van der Waals surface area (Å²) in [6.07, 6.45) is 8.25. The lowest BCUT2D eigenvalue weighted by atomic mass is 9.40. The van der Waals surface area contributed by atoms with Crippen molar-refractivity contribution in [2.24, 2.45) is 34.0 Å². The number of ether oxygens (including phenoxy) is 2. The first-order valence-electron chi connectivity index (χ1n) is 11.6. The number of aliphatic hydroxyl groups is 1. The Balaban J connectivity index is 1.78. The zero-order valence-corrected chi connectivity index (χ0v) is 19.6. The average molecular weight is 421 g/mol. The highest BCUT2D eigenvalue weighted by atomic mass is 16.6. The number of hydrogen-bond donors (Lipinski definition) is 1. The van der Waals surface area contributed by atoms with Gasteiger partial charge in [0.25, 0.3) is 0 Å². The third-order valence-electron chi connectivity index (χ3n) is 8.76. The monoisotopic (exact) mass is 420 g/mol. The minimum Gasteiger partial charge on any atom is -0.463 e. The summed E-state index contributed by atoms with van der Waals surface area (Å²) < 4.78 is 10.4. The molecule has 0 aromatic rings. The van der Waals surface area contributed by atoms with Crippen molar-refractivity contribution in [1.29, 1.82) is 0 Å². The van der Waals surface area contributed by atoms with Gasteiger partial charge in [0.15, 0.2) is 0 Å². The number of esters is 2. The van der Waals surface area contributed by atoms with Crippen LogP contribution in [-0.2, 0) is 19.1 Å². The van der Waals surface area contributed by atoms with Crippen LogP contribution in [0.15, 0.2) is 11.6 Å². The molecule has 0 heterocycles. The van der Waals surface area contributed by atoms with Gasteiger partial charge in [-0.15, -0.1) is 0 Å². The fourth-order valence-electron chi connectivity index (χ4n) is 7.49. The lowest BCUT2D eigenvalue weighted by Crippen LogP contribution is -2.58. The van der Waals surface area contributed by atoms with Crippen molar-refractivity contribution in [2.45, 2.75) is 86.2 Å². The molecule has 5 heteroatoms. The maximum atomic E-state index is 13.2. The quantitative estimate of drug-likeness (QED) is 0.517. The molecule has 0 amide bonds. The van der Waals surface area contributed by atoms with Crippen molar-refractivity contribution >= 4 is 11.9 Å². The number of carbonyl (C=O) groups is 2. The van der Waals surface area contributed by atoms with Crippen molar-refractivity contribution in [2.75, 3.05) is 13.2 Å². The predicted octanol–water partition coefficient (Wildman–Crippen LogP) is 4.67. The van der Waals surface area contributed by atoms with Gasteiger partial charge in [-0.1, -0.05) is 45.8 Å². The summed E-state index contributed by atoms with van der Waals surface area (Å²) in [5.41, 5.74) is 1.54. The maximum absolute atomic E-state index is 13.2. The fourth-order valence-corrected chi connectivity index (χ4v) is 7.49. The van der Waals surface area contributed by atoms with Gasteiger partial charge in [0.2, 0.25) is 0 Å². The Kier molecular flexibility index (Phi) is 6.44. The lowest BCUT2D eigenvalue weighted by Gasteiger charge is -2.64. The third-order valence-corrected chi connectivity index (χ3v) is 8.76. The van der Waals surface area contributed by atoms with Crippen LogP contribution in [0.5, 0.6) is 0 Å². The van der Waals surface area contributed by atoms with E-state index in [4.69, 9.17) is 9.47 Å². The van der Waals surface area contributed by atoms with Crippen LogP contribution in [0.25, 0.3) is 0 Å². The van der Waals surface area contributed by atoms with Crippen LogP contribution >= 0.6 is 0 Å². The van der Waals surface area contributed by atoms with Gasteiger partial charge >= 0.3 is 11.9 Å². The van der Waals surface area contributed by atoms with E-state index in [1.54, 1.807) is 0 Å². The number of hydrogen-bond acceptors (Lipinski definition) is 5. The first-order valence-corrected chi connectivity index (χ1v) is 11.6. The van der Waals surface area contributed by atoms with E-state index >= 15 is 0 Å². The minimum atomic E-state index is -0.998. The van der Waals surface area contributed by atoms with Crippen LogP contribution in [-0.4, -0.2) is 36.4 Å². The van der Waals surface area contributed by atoms with Crippen LogP contribution in [0.4, 0.5) is 0 Å². The lowest BCUT2D eigenvalue weighted by molar-refractivity contribution is -0.174. The van der Waals surface area contributed by atoms with E-state index in [0.717, 1.165) is 24.8 Å². The SMILES string of the molecule is CC(=O)OC[C@H](O)COC(=O)[C@@H]1C(C)=CCC2[C@@]3(C)CCCC(C)(C)C3CC[C@]21C. The van der Waals surface area contributed by atoms with Gasteiger partial charge in [-0.25, -0.2) is 0 Å². The van der Waals surface area contributed by atoms with Crippen molar-refractivity contribution in [3.63, 3.8) is 0 Å². The van der Waals surface area contributed by atoms with Gasteiger partial charge in [0, 0.05) is 6.92 Å². The van der Waals surface area contributed by atoms with E-state index in [0.29, 0.717) is 17.3 Å². The molecule has 0 spiro atoms. The Hall–Kier alpha value is -1.36. The minimum absolute atomic E-state index is 0.130. The second-order valence-electron chi connectivity index (χ2n) is 11.2.